The molecular weight excluding hydrogens is 230 g/mol. The molecule has 94 valence electrons. The van der Waals surface area contributed by atoms with E-state index in [1.807, 2.05) is 30.3 Å². The third-order valence-corrected chi connectivity index (χ3v) is 2.73. The van der Waals surface area contributed by atoms with Crippen molar-refractivity contribution in [3.8, 4) is 0 Å². The molecule has 0 bridgehead atoms. The van der Waals surface area contributed by atoms with Crippen molar-refractivity contribution in [2.75, 3.05) is 6.54 Å². The maximum atomic E-state index is 11.7. The standard InChI is InChI=1S/C13H15N3O2/c1-13(18,10-5-3-2-4-6-10)9-14-12(17)11-7-8-15-16-11/h2-8,18H,9H2,1H3,(H,14,17)(H,15,16). The van der Waals surface area contributed by atoms with E-state index in [-0.39, 0.29) is 12.5 Å². The fourth-order valence-corrected chi connectivity index (χ4v) is 1.63. The molecule has 2 rings (SSSR count). The average molecular weight is 245 g/mol. The molecule has 0 aliphatic rings. The van der Waals surface area contributed by atoms with Crippen LogP contribution in [0.4, 0.5) is 0 Å². The molecule has 0 aliphatic carbocycles. The number of H-pyrrole nitrogens is 1. The number of aliphatic hydroxyl groups is 1. The van der Waals surface area contributed by atoms with Crippen LogP contribution in [0.5, 0.6) is 0 Å². The van der Waals surface area contributed by atoms with Crippen LogP contribution in [0.25, 0.3) is 0 Å². The van der Waals surface area contributed by atoms with Gasteiger partial charge in [-0.1, -0.05) is 30.3 Å². The second-order valence-electron chi connectivity index (χ2n) is 4.29. The predicted octanol–water partition coefficient (Wildman–Crippen LogP) is 1.05. The number of aromatic amines is 1. The van der Waals surface area contributed by atoms with E-state index in [1.54, 1.807) is 13.0 Å². The summed E-state index contributed by atoms with van der Waals surface area (Å²) in [4.78, 5) is 11.7. The molecule has 1 atom stereocenters. The fraction of sp³-hybridized carbons (Fsp3) is 0.231. The van der Waals surface area contributed by atoms with Gasteiger partial charge in [0, 0.05) is 6.20 Å². The summed E-state index contributed by atoms with van der Waals surface area (Å²) in [5, 5.41) is 19.2. The summed E-state index contributed by atoms with van der Waals surface area (Å²) >= 11 is 0. The molecule has 1 aromatic carbocycles. The molecule has 0 saturated heterocycles. The van der Waals surface area contributed by atoms with Gasteiger partial charge in [0.25, 0.3) is 5.91 Å². The molecule has 0 radical (unpaired) electrons. The lowest BCUT2D eigenvalue weighted by molar-refractivity contribution is 0.0525. The molecular formula is C13H15N3O2. The molecule has 1 aromatic heterocycles. The van der Waals surface area contributed by atoms with Crippen LogP contribution in [0.2, 0.25) is 0 Å². The Balaban J connectivity index is 1.99. The number of benzene rings is 1. The van der Waals surface area contributed by atoms with E-state index in [4.69, 9.17) is 0 Å². The van der Waals surface area contributed by atoms with E-state index in [9.17, 15) is 9.90 Å². The third-order valence-electron chi connectivity index (χ3n) is 2.73. The van der Waals surface area contributed by atoms with Crippen molar-refractivity contribution in [3.05, 3.63) is 53.9 Å². The molecule has 1 heterocycles. The molecule has 3 N–H and O–H groups in total. The Kier molecular flexibility index (Phi) is 3.43. The molecule has 5 heteroatoms. The van der Waals surface area contributed by atoms with Crippen LogP contribution in [0.3, 0.4) is 0 Å². The smallest absolute Gasteiger partial charge is 0.269 e. The van der Waals surface area contributed by atoms with Gasteiger partial charge in [0.2, 0.25) is 0 Å². The summed E-state index contributed by atoms with van der Waals surface area (Å²) in [5.74, 6) is -0.288. The molecule has 18 heavy (non-hydrogen) atoms. The first-order valence-electron chi connectivity index (χ1n) is 5.65. The Labute approximate surface area is 105 Å². The van der Waals surface area contributed by atoms with Gasteiger partial charge in [-0.3, -0.25) is 9.89 Å². The van der Waals surface area contributed by atoms with Crippen LogP contribution >= 0.6 is 0 Å². The number of carbonyl (C=O) groups excluding carboxylic acids is 1. The van der Waals surface area contributed by atoms with E-state index in [0.29, 0.717) is 5.69 Å². The predicted molar refractivity (Wildman–Crippen MR) is 66.9 cm³/mol. The highest BCUT2D eigenvalue weighted by atomic mass is 16.3. The van der Waals surface area contributed by atoms with Gasteiger partial charge in [-0.25, -0.2) is 0 Å². The first-order chi connectivity index (χ1) is 8.59. The lowest BCUT2D eigenvalue weighted by Crippen LogP contribution is -2.38. The summed E-state index contributed by atoms with van der Waals surface area (Å²) in [5.41, 5.74) is 0.0329. The van der Waals surface area contributed by atoms with Crippen LogP contribution in [0, 0.1) is 0 Å². The zero-order chi connectivity index (χ0) is 13.0. The number of amides is 1. The first kappa shape index (κ1) is 12.3. The van der Waals surface area contributed by atoms with Crippen molar-refractivity contribution in [3.63, 3.8) is 0 Å². The number of nitrogens with one attached hydrogen (secondary N) is 2. The first-order valence-corrected chi connectivity index (χ1v) is 5.65. The van der Waals surface area contributed by atoms with Crippen LogP contribution in [0.1, 0.15) is 23.0 Å². The second kappa shape index (κ2) is 5.01. The normalized spacial score (nSPS) is 13.9. The number of rotatable bonds is 4. The highest BCUT2D eigenvalue weighted by Crippen LogP contribution is 2.18. The quantitative estimate of drug-likeness (QED) is 0.753. The second-order valence-corrected chi connectivity index (χ2v) is 4.29. The van der Waals surface area contributed by atoms with Crippen molar-refractivity contribution in [1.29, 1.82) is 0 Å². The minimum absolute atomic E-state index is 0.134. The summed E-state index contributed by atoms with van der Waals surface area (Å²) in [6.07, 6.45) is 1.50. The van der Waals surface area contributed by atoms with Gasteiger partial charge in [-0.05, 0) is 18.6 Å². The zero-order valence-corrected chi connectivity index (χ0v) is 10.1. The van der Waals surface area contributed by atoms with Crippen LogP contribution < -0.4 is 5.32 Å². The minimum Gasteiger partial charge on any atom is -0.384 e. The number of hydrogen-bond donors (Lipinski definition) is 3. The Bertz CT molecular complexity index is 506. The number of aromatic nitrogens is 2. The Morgan fingerprint density at radius 2 is 2.11 bits per heavy atom. The number of hydrogen-bond acceptors (Lipinski definition) is 3. The molecule has 5 nitrogen and oxygen atoms in total. The maximum absolute atomic E-state index is 11.7. The average Bonchev–Trinajstić information content (AvgIpc) is 2.91. The lowest BCUT2D eigenvalue weighted by atomic mass is 9.96. The zero-order valence-electron chi connectivity index (χ0n) is 10.1. The van der Waals surface area contributed by atoms with E-state index in [2.05, 4.69) is 15.5 Å². The van der Waals surface area contributed by atoms with Gasteiger partial charge in [0.15, 0.2) is 0 Å². The monoisotopic (exact) mass is 245 g/mol. The fourth-order valence-electron chi connectivity index (χ4n) is 1.63. The van der Waals surface area contributed by atoms with Gasteiger partial charge in [0.05, 0.1) is 6.54 Å². The number of carbonyl (C=O) groups is 1. The largest absolute Gasteiger partial charge is 0.384 e. The highest BCUT2D eigenvalue weighted by Gasteiger charge is 2.23. The van der Waals surface area contributed by atoms with Gasteiger partial charge >= 0.3 is 0 Å². The van der Waals surface area contributed by atoms with Crippen molar-refractivity contribution < 1.29 is 9.90 Å². The third kappa shape index (κ3) is 2.75. The maximum Gasteiger partial charge on any atom is 0.269 e. The van der Waals surface area contributed by atoms with Crippen LogP contribution in [-0.2, 0) is 5.60 Å². The Morgan fingerprint density at radius 1 is 1.39 bits per heavy atom. The summed E-state index contributed by atoms with van der Waals surface area (Å²) in [6, 6.07) is 10.8. The summed E-state index contributed by atoms with van der Waals surface area (Å²) in [7, 11) is 0. The molecule has 0 aliphatic heterocycles. The lowest BCUT2D eigenvalue weighted by Gasteiger charge is -2.24. The molecule has 0 fully saturated rings. The highest BCUT2D eigenvalue weighted by molar-refractivity contribution is 5.92. The van der Waals surface area contributed by atoms with Gasteiger partial charge in [-0.15, -0.1) is 0 Å². The van der Waals surface area contributed by atoms with Crippen molar-refractivity contribution in [1.82, 2.24) is 15.5 Å². The SMILES string of the molecule is CC(O)(CNC(=O)c1ccn[nH]1)c1ccccc1. The summed E-state index contributed by atoms with van der Waals surface area (Å²) in [6.45, 7) is 1.80. The van der Waals surface area contributed by atoms with Crippen LogP contribution in [-0.4, -0.2) is 27.8 Å². The molecule has 0 saturated carbocycles. The van der Waals surface area contributed by atoms with Crippen LogP contribution in [0.15, 0.2) is 42.6 Å². The molecule has 1 unspecified atom stereocenters. The van der Waals surface area contributed by atoms with E-state index in [1.165, 1.54) is 6.20 Å². The van der Waals surface area contributed by atoms with Crippen molar-refractivity contribution >= 4 is 5.91 Å². The van der Waals surface area contributed by atoms with E-state index >= 15 is 0 Å². The Morgan fingerprint density at radius 3 is 2.72 bits per heavy atom. The number of nitrogens with zero attached hydrogens (tertiary/aromatic N) is 1. The van der Waals surface area contributed by atoms with Crippen molar-refractivity contribution in [2.45, 2.75) is 12.5 Å². The van der Waals surface area contributed by atoms with Gasteiger partial charge < -0.3 is 10.4 Å². The topological polar surface area (TPSA) is 78.0 Å². The molecule has 1 amide bonds. The molecule has 0 spiro atoms. The van der Waals surface area contributed by atoms with E-state index < -0.39 is 5.60 Å². The van der Waals surface area contributed by atoms with Gasteiger partial charge in [-0.2, -0.15) is 5.10 Å². The Hall–Kier alpha value is -2.14. The summed E-state index contributed by atoms with van der Waals surface area (Å²) < 4.78 is 0. The van der Waals surface area contributed by atoms with Crippen molar-refractivity contribution in [2.24, 2.45) is 0 Å². The van der Waals surface area contributed by atoms with E-state index in [0.717, 1.165) is 5.56 Å². The van der Waals surface area contributed by atoms with Gasteiger partial charge in [0.1, 0.15) is 11.3 Å². The minimum atomic E-state index is -1.10. The molecule has 2 aromatic rings.